The number of benzene rings is 2. The number of hydrogen-bond donors (Lipinski definition) is 0. The van der Waals surface area contributed by atoms with Gasteiger partial charge in [0.25, 0.3) is 0 Å². The highest BCUT2D eigenvalue weighted by molar-refractivity contribution is 7.49. The zero-order chi connectivity index (χ0) is 16.7. The van der Waals surface area contributed by atoms with E-state index in [0.717, 1.165) is 0 Å². The summed E-state index contributed by atoms with van der Waals surface area (Å²) in [6.45, 7) is 16.5. The largest absolute Gasteiger partial charge is 0.0985 e. The van der Waals surface area contributed by atoms with Gasteiger partial charge in [-0.3, -0.25) is 0 Å². The monoisotopic (exact) mass is 342 g/mol. The van der Waals surface area contributed by atoms with Crippen LogP contribution in [0.4, 0.5) is 0 Å². The van der Waals surface area contributed by atoms with E-state index in [0.29, 0.717) is 0 Å². The Morgan fingerprint density at radius 3 is 1.18 bits per heavy atom. The topological polar surface area (TPSA) is 0 Å². The lowest BCUT2D eigenvalue weighted by Gasteiger charge is -2.34. The molecule has 0 saturated carbocycles. The van der Waals surface area contributed by atoms with E-state index < -0.39 is 7.59 Å². The Bertz CT molecular complexity index is 613. The molecular weight excluding hydrogens is 312 g/mol. The third-order valence-corrected chi connectivity index (χ3v) is 29.5. The van der Waals surface area contributed by atoms with Gasteiger partial charge in [-0.2, -0.15) is 0 Å². The first-order chi connectivity index (χ1) is 10.2. The fourth-order valence-corrected chi connectivity index (χ4v) is 21.1. The average molecular weight is 343 g/mol. The molecule has 0 aromatic heterocycles. The molecule has 0 radical (unpaired) electrons. The van der Waals surface area contributed by atoms with E-state index in [2.05, 4.69) is 72.4 Å². The maximum atomic E-state index is 2.65. The van der Waals surface area contributed by atoms with Crippen molar-refractivity contribution in [3.8, 4) is 0 Å². The van der Waals surface area contributed by atoms with E-state index in [1.54, 1.807) is 10.4 Å². The van der Waals surface area contributed by atoms with Gasteiger partial charge in [0.2, 0.25) is 0 Å². The molecule has 2 rings (SSSR count). The molecule has 0 aliphatic heterocycles. The zero-order valence-electron chi connectivity index (χ0n) is 15.5. The Hall–Kier alpha value is -0.909. The second-order valence-corrected chi connectivity index (χ2v) is 24.3. The van der Waals surface area contributed by atoms with Crippen molar-refractivity contribution in [3.63, 3.8) is 0 Å². The molecule has 0 unspecified atom stereocenters. The minimum Gasteiger partial charge on any atom is -0.0641 e. The van der Waals surface area contributed by atoms with Gasteiger partial charge in [0.1, 0.15) is 0 Å². The molecule has 2 aromatic carbocycles. The maximum Gasteiger partial charge on any atom is 0.0985 e. The van der Waals surface area contributed by atoms with Crippen molar-refractivity contribution in [2.24, 2.45) is 0 Å². The Labute approximate surface area is 142 Å². The van der Waals surface area contributed by atoms with Gasteiger partial charge in [-0.25, -0.2) is 0 Å². The first kappa shape index (κ1) is 17.4. The molecule has 0 aliphatic rings. The van der Waals surface area contributed by atoms with Crippen LogP contribution in [-0.4, -0.2) is 25.9 Å². The van der Waals surface area contributed by atoms with Gasteiger partial charge < -0.3 is 0 Å². The second-order valence-electron chi connectivity index (χ2n) is 7.23. The number of hydrogen-bond acceptors (Lipinski definition) is 0. The van der Waals surface area contributed by atoms with Crippen LogP contribution in [0.5, 0.6) is 0 Å². The van der Waals surface area contributed by atoms with Crippen LogP contribution in [0.25, 0.3) is 0 Å². The molecule has 22 heavy (non-hydrogen) atoms. The second kappa shape index (κ2) is 6.30. The molecule has 0 amide bonds. The van der Waals surface area contributed by atoms with Crippen molar-refractivity contribution in [2.45, 2.75) is 48.1 Å². The molecular formula is C19H30Si3. The predicted molar refractivity (Wildman–Crippen MR) is 111 cm³/mol. The van der Waals surface area contributed by atoms with Crippen molar-refractivity contribution < 1.29 is 0 Å². The highest BCUT2D eigenvalue weighted by atomic mass is 29.5. The zero-order valence-corrected chi connectivity index (χ0v) is 19.9. The summed E-state index contributed by atoms with van der Waals surface area (Å²) in [7, 11) is -0.0916. The van der Waals surface area contributed by atoms with Crippen LogP contribution in [0, 0.1) is 41.5 Å². The molecule has 118 valence electrons. The van der Waals surface area contributed by atoms with Gasteiger partial charge in [0.05, 0.1) is 7.59 Å². The van der Waals surface area contributed by atoms with Gasteiger partial charge in [-0.15, -0.1) is 0 Å². The molecule has 3 heteroatoms. The normalized spacial score (nSPS) is 12.5. The number of aryl methyl sites for hydroxylation is 6. The summed E-state index contributed by atoms with van der Waals surface area (Å²) in [4.78, 5) is 0. The summed E-state index contributed by atoms with van der Waals surface area (Å²) in [5, 5.41) is 3.49. The lowest BCUT2D eigenvalue weighted by Crippen LogP contribution is -2.64. The lowest BCUT2D eigenvalue weighted by molar-refractivity contribution is 1.33. The van der Waals surface area contributed by atoms with Crippen LogP contribution in [0.3, 0.4) is 0 Å². The van der Waals surface area contributed by atoms with Crippen molar-refractivity contribution in [1.29, 1.82) is 0 Å². The summed E-state index contributed by atoms with van der Waals surface area (Å²) in [5.41, 5.74) is 8.96. The minimum absolute atomic E-state index is 0.00263. The summed E-state index contributed by atoms with van der Waals surface area (Å²) in [6, 6.07) is 9.60. The molecule has 0 saturated heterocycles. The quantitative estimate of drug-likeness (QED) is 0.745. The summed E-state index contributed by atoms with van der Waals surface area (Å²) < 4.78 is 0. The first-order valence-corrected chi connectivity index (χ1v) is 18.9. The van der Waals surface area contributed by atoms with Crippen LogP contribution in [0.1, 0.15) is 33.4 Å². The molecule has 0 nitrogen and oxygen atoms in total. The third kappa shape index (κ3) is 2.94. The molecule has 0 bridgehead atoms. The first-order valence-electron chi connectivity index (χ1n) is 8.37. The predicted octanol–water partition coefficient (Wildman–Crippen LogP) is 1.68. The van der Waals surface area contributed by atoms with E-state index in [9.17, 15) is 0 Å². The van der Waals surface area contributed by atoms with Gasteiger partial charge >= 0.3 is 0 Å². The van der Waals surface area contributed by atoms with Gasteiger partial charge in [0, 0.05) is 8.55 Å². The highest BCUT2D eigenvalue weighted by Crippen LogP contribution is 2.17. The van der Waals surface area contributed by atoms with Crippen LogP contribution in [-0.2, 0) is 0 Å². The number of rotatable bonds is 3. The van der Waals surface area contributed by atoms with E-state index in [-0.39, 0.29) is 8.55 Å². The standard InChI is InChI=1S/C19H30Si3/c1-12-8-14(3)18(15(4)9-12)22(7,21-20)19-16(5)10-13(2)11-17(19)6/h8-11H,21H2,1-7,20H3. The summed E-state index contributed by atoms with van der Waals surface area (Å²) in [6.07, 6.45) is 0. The minimum atomic E-state index is -1.50. The molecule has 0 atom stereocenters. The summed E-state index contributed by atoms with van der Waals surface area (Å²) >= 11 is 0. The Balaban J connectivity index is 2.80. The third-order valence-electron chi connectivity index (χ3n) is 5.16. The Morgan fingerprint density at radius 1 is 0.682 bits per heavy atom. The maximum absolute atomic E-state index is 2.65. The van der Waals surface area contributed by atoms with Crippen molar-refractivity contribution in [2.75, 3.05) is 0 Å². The highest BCUT2D eigenvalue weighted by Gasteiger charge is 2.35. The summed E-state index contributed by atoms with van der Waals surface area (Å²) in [5.74, 6) is 0. The van der Waals surface area contributed by atoms with Crippen LogP contribution in [0.15, 0.2) is 24.3 Å². The molecule has 0 heterocycles. The van der Waals surface area contributed by atoms with Crippen molar-refractivity contribution in [1.82, 2.24) is 0 Å². The van der Waals surface area contributed by atoms with Crippen LogP contribution >= 0.6 is 0 Å². The van der Waals surface area contributed by atoms with Crippen molar-refractivity contribution in [3.05, 3.63) is 57.6 Å². The van der Waals surface area contributed by atoms with Crippen LogP contribution < -0.4 is 10.4 Å². The van der Waals surface area contributed by atoms with E-state index >= 15 is 0 Å². The average Bonchev–Trinajstić information content (AvgIpc) is 2.35. The lowest BCUT2D eigenvalue weighted by atomic mass is 10.1. The van der Waals surface area contributed by atoms with Crippen LogP contribution in [0.2, 0.25) is 6.55 Å². The van der Waals surface area contributed by atoms with Gasteiger partial charge in [-0.05, 0) is 51.3 Å². The smallest absolute Gasteiger partial charge is 0.0641 e. The molecule has 0 spiro atoms. The fourth-order valence-electron chi connectivity index (χ4n) is 4.58. The fraction of sp³-hybridized carbons (Fsp3) is 0.368. The molecule has 0 aliphatic carbocycles. The van der Waals surface area contributed by atoms with E-state index in [1.165, 1.54) is 43.1 Å². The van der Waals surface area contributed by atoms with E-state index in [4.69, 9.17) is 0 Å². The van der Waals surface area contributed by atoms with Gasteiger partial charge in [-0.1, -0.05) is 74.6 Å². The molecule has 0 fully saturated rings. The Morgan fingerprint density at radius 2 is 0.955 bits per heavy atom. The SMILES string of the molecule is Cc1cc(C)c([Si](C)([SiH2][SiH3])c2c(C)cc(C)cc2C)c(C)c1. The van der Waals surface area contributed by atoms with Gasteiger partial charge in [0.15, 0.2) is 0 Å². The molecule has 2 aromatic rings. The Kier molecular flexibility index (Phi) is 5.00. The van der Waals surface area contributed by atoms with Crippen molar-refractivity contribution >= 4 is 36.3 Å². The van der Waals surface area contributed by atoms with E-state index in [1.807, 2.05) is 0 Å². The molecule has 0 N–H and O–H groups in total.